The second-order valence-electron chi connectivity index (χ2n) is 6.50. The normalized spacial score (nSPS) is 13.3. The van der Waals surface area contributed by atoms with E-state index in [1.54, 1.807) is 17.0 Å². The van der Waals surface area contributed by atoms with Crippen molar-refractivity contribution in [1.82, 2.24) is 9.78 Å². The molecule has 1 saturated carbocycles. The van der Waals surface area contributed by atoms with Crippen molar-refractivity contribution >= 4 is 18.1 Å². The first-order valence-corrected chi connectivity index (χ1v) is 8.05. The Hall–Kier alpha value is -2.08. The average Bonchev–Trinajstić information content (AvgIpc) is 3.34. The highest BCUT2D eigenvalue weighted by Crippen LogP contribution is 2.32. The molecule has 1 aromatic heterocycles. The van der Waals surface area contributed by atoms with Crippen molar-refractivity contribution in [2.75, 3.05) is 26.1 Å². The Bertz CT molecular complexity index is 832. The Labute approximate surface area is 152 Å². The molecule has 0 unspecified atom stereocenters. The fraction of sp³-hybridized carbons (Fsp3) is 0.444. The van der Waals surface area contributed by atoms with E-state index in [9.17, 15) is 9.18 Å². The fourth-order valence-corrected chi connectivity index (χ4v) is 2.92. The van der Waals surface area contributed by atoms with E-state index in [1.165, 1.54) is 17.9 Å². The topological polar surface area (TPSA) is 47.4 Å². The van der Waals surface area contributed by atoms with Gasteiger partial charge in [-0.25, -0.2) is 9.07 Å². The molecule has 0 atom stereocenters. The maximum Gasteiger partial charge on any atom is 0.290 e. The molecule has 0 N–H and O–H groups in total. The molecule has 1 aliphatic rings. The summed E-state index contributed by atoms with van der Waals surface area (Å²) in [6.45, 7) is 2.47. The van der Waals surface area contributed by atoms with Crippen LogP contribution in [0.25, 0.3) is 11.3 Å². The maximum atomic E-state index is 14.1. The summed E-state index contributed by atoms with van der Waals surface area (Å²) < 4.78 is 20.6. The van der Waals surface area contributed by atoms with Gasteiger partial charge in [-0.1, -0.05) is 0 Å². The molecule has 3 rings (SSSR count). The Kier molecular flexibility index (Phi) is 5.72. The van der Waals surface area contributed by atoms with Crippen molar-refractivity contribution < 1.29 is 9.13 Å². The molecule has 0 radical (unpaired) electrons. The molecule has 1 aromatic carbocycles. The number of nitrogens with zero attached hydrogens (tertiary/aromatic N) is 3. The number of halogens is 2. The highest BCUT2D eigenvalue weighted by molar-refractivity contribution is 5.85. The minimum absolute atomic E-state index is 0. The van der Waals surface area contributed by atoms with Gasteiger partial charge in [0, 0.05) is 31.8 Å². The van der Waals surface area contributed by atoms with Crippen LogP contribution in [0.5, 0.6) is 5.75 Å². The van der Waals surface area contributed by atoms with Gasteiger partial charge in [0.15, 0.2) is 11.6 Å². The number of hydrogen-bond donors (Lipinski definition) is 0. The third kappa shape index (κ3) is 3.79. The van der Waals surface area contributed by atoms with Crippen molar-refractivity contribution in [1.29, 1.82) is 0 Å². The highest BCUT2D eigenvalue weighted by atomic mass is 35.5. The molecular weight excluding hydrogens is 345 g/mol. The second kappa shape index (κ2) is 7.44. The predicted molar refractivity (Wildman–Crippen MR) is 99.5 cm³/mol. The Morgan fingerprint density at radius 2 is 2.04 bits per heavy atom. The molecule has 7 heteroatoms. The summed E-state index contributed by atoms with van der Waals surface area (Å²) in [5, 5.41) is 4.53. The van der Waals surface area contributed by atoms with Crippen LogP contribution in [0.4, 0.5) is 10.1 Å². The SMILES string of the molecule is COc1ccc(-c2nn(CC3CC3)c(=O)c(N(C)C)c2C)cc1F.Cl. The van der Waals surface area contributed by atoms with Gasteiger partial charge in [0.2, 0.25) is 0 Å². The molecule has 136 valence electrons. The van der Waals surface area contributed by atoms with Crippen molar-refractivity contribution in [2.45, 2.75) is 26.3 Å². The lowest BCUT2D eigenvalue weighted by Crippen LogP contribution is -2.31. The zero-order valence-electron chi connectivity index (χ0n) is 14.9. The van der Waals surface area contributed by atoms with Crippen LogP contribution < -0.4 is 15.2 Å². The summed E-state index contributed by atoms with van der Waals surface area (Å²) in [6, 6.07) is 4.75. The molecule has 1 aliphatic carbocycles. The maximum absolute atomic E-state index is 14.1. The molecule has 0 spiro atoms. The van der Waals surface area contributed by atoms with Crippen molar-refractivity contribution in [3.05, 3.63) is 39.9 Å². The Morgan fingerprint density at radius 3 is 2.56 bits per heavy atom. The predicted octanol–water partition coefficient (Wildman–Crippen LogP) is 3.26. The minimum Gasteiger partial charge on any atom is -0.494 e. The summed E-state index contributed by atoms with van der Waals surface area (Å²) in [5.41, 5.74) is 2.51. The van der Waals surface area contributed by atoms with Crippen LogP contribution >= 0.6 is 12.4 Å². The molecule has 0 bridgehead atoms. The molecule has 5 nitrogen and oxygen atoms in total. The first-order chi connectivity index (χ1) is 11.4. The van der Waals surface area contributed by atoms with E-state index in [2.05, 4.69) is 5.10 Å². The van der Waals surface area contributed by atoms with Crippen LogP contribution in [0.2, 0.25) is 0 Å². The van der Waals surface area contributed by atoms with E-state index < -0.39 is 5.82 Å². The minimum atomic E-state index is -0.442. The van der Waals surface area contributed by atoms with Crippen LogP contribution in [0.3, 0.4) is 0 Å². The number of benzene rings is 1. The lowest BCUT2D eigenvalue weighted by Gasteiger charge is -2.19. The third-order valence-electron chi connectivity index (χ3n) is 4.37. The van der Waals surface area contributed by atoms with Gasteiger partial charge >= 0.3 is 0 Å². The van der Waals surface area contributed by atoms with Crippen LogP contribution in [-0.2, 0) is 6.54 Å². The number of ether oxygens (including phenoxy) is 1. The third-order valence-corrected chi connectivity index (χ3v) is 4.37. The molecular formula is C18H23ClFN3O2. The zero-order valence-corrected chi connectivity index (χ0v) is 15.7. The first-order valence-electron chi connectivity index (χ1n) is 8.05. The number of aromatic nitrogens is 2. The molecule has 0 amide bonds. The first kappa shape index (κ1) is 19.2. The number of hydrogen-bond acceptors (Lipinski definition) is 4. The van der Waals surface area contributed by atoms with Gasteiger partial charge in [-0.15, -0.1) is 12.4 Å². The van der Waals surface area contributed by atoms with E-state index in [0.717, 1.165) is 18.4 Å². The van der Waals surface area contributed by atoms with Gasteiger partial charge in [-0.2, -0.15) is 5.10 Å². The van der Waals surface area contributed by atoms with Gasteiger partial charge in [-0.3, -0.25) is 4.79 Å². The fourth-order valence-electron chi connectivity index (χ4n) is 2.92. The highest BCUT2D eigenvalue weighted by Gasteiger charge is 2.25. The largest absolute Gasteiger partial charge is 0.494 e. The average molecular weight is 368 g/mol. The number of rotatable bonds is 5. The lowest BCUT2D eigenvalue weighted by atomic mass is 10.1. The van der Waals surface area contributed by atoms with E-state index in [0.29, 0.717) is 29.4 Å². The van der Waals surface area contributed by atoms with Crippen molar-refractivity contribution in [2.24, 2.45) is 5.92 Å². The smallest absolute Gasteiger partial charge is 0.290 e. The number of anilines is 1. The number of methoxy groups -OCH3 is 1. The molecule has 25 heavy (non-hydrogen) atoms. The standard InChI is InChI=1S/C18H22FN3O2.ClH/c1-11-16(13-7-8-15(24-4)14(19)9-13)20-22(10-12-5-6-12)18(23)17(11)21(2)3;/h7-9,12H,5-6,10H2,1-4H3;1H. The van der Waals surface area contributed by atoms with E-state index in [1.807, 2.05) is 21.0 Å². The Morgan fingerprint density at radius 1 is 1.36 bits per heavy atom. The molecule has 1 heterocycles. The van der Waals surface area contributed by atoms with Gasteiger partial charge in [0.25, 0.3) is 5.56 Å². The molecule has 0 saturated heterocycles. The molecule has 1 fully saturated rings. The quantitative estimate of drug-likeness (QED) is 0.813. The monoisotopic (exact) mass is 367 g/mol. The summed E-state index contributed by atoms with van der Waals surface area (Å²) in [7, 11) is 5.11. The van der Waals surface area contributed by atoms with E-state index in [-0.39, 0.29) is 23.7 Å². The summed E-state index contributed by atoms with van der Waals surface area (Å²) in [6.07, 6.45) is 2.26. The Balaban J connectivity index is 0.00000225. The van der Waals surface area contributed by atoms with Crippen LogP contribution in [-0.4, -0.2) is 31.0 Å². The van der Waals surface area contributed by atoms with Crippen LogP contribution in [0, 0.1) is 18.7 Å². The summed E-state index contributed by atoms with van der Waals surface area (Å²) in [4.78, 5) is 14.5. The lowest BCUT2D eigenvalue weighted by molar-refractivity contribution is 0.386. The van der Waals surface area contributed by atoms with Gasteiger partial charge in [0.05, 0.1) is 12.8 Å². The van der Waals surface area contributed by atoms with E-state index >= 15 is 0 Å². The van der Waals surface area contributed by atoms with Crippen molar-refractivity contribution in [3.8, 4) is 17.0 Å². The zero-order chi connectivity index (χ0) is 17.4. The molecule has 2 aromatic rings. The van der Waals surface area contributed by atoms with Crippen LogP contribution in [0.1, 0.15) is 18.4 Å². The second-order valence-corrected chi connectivity index (χ2v) is 6.50. The van der Waals surface area contributed by atoms with Crippen LogP contribution in [0.15, 0.2) is 23.0 Å². The van der Waals surface area contributed by atoms with Gasteiger partial charge in [-0.05, 0) is 43.9 Å². The molecule has 0 aliphatic heterocycles. The van der Waals surface area contributed by atoms with Crippen molar-refractivity contribution in [3.63, 3.8) is 0 Å². The summed E-state index contributed by atoms with van der Waals surface area (Å²) >= 11 is 0. The van der Waals surface area contributed by atoms with Gasteiger partial charge in [0.1, 0.15) is 5.69 Å². The van der Waals surface area contributed by atoms with Gasteiger partial charge < -0.3 is 9.64 Å². The van der Waals surface area contributed by atoms with E-state index in [4.69, 9.17) is 4.74 Å². The summed E-state index contributed by atoms with van der Waals surface area (Å²) in [5.74, 6) is 0.270.